The Morgan fingerprint density at radius 2 is 2.26 bits per heavy atom. The van der Waals surface area contributed by atoms with Crippen molar-refractivity contribution in [2.24, 2.45) is 5.11 Å². The summed E-state index contributed by atoms with van der Waals surface area (Å²) >= 11 is 0. The van der Waals surface area contributed by atoms with Gasteiger partial charge in [0.2, 0.25) is 5.91 Å². The molecule has 144 valence electrons. The number of esters is 1. The molecule has 2 aliphatic rings. The number of nitrogens with zero attached hydrogens (tertiary/aromatic N) is 4. The minimum absolute atomic E-state index is 0.178. The van der Waals surface area contributed by atoms with E-state index in [1.165, 1.54) is 10.8 Å². The largest absolute Gasteiger partial charge is 0.461 e. The molecule has 2 fully saturated rings. The van der Waals surface area contributed by atoms with E-state index in [1.807, 2.05) is 0 Å². The average Bonchev–Trinajstić information content (AvgIpc) is 3.23. The predicted octanol–water partition coefficient (Wildman–Crippen LogP) is -0.367. The number of carbonyl (C=O) groups excluding carboxylic acids is 2. The van der Waals surface area contributed by atoms with Crippen molar-refractivity contribution in [2.45, 2.75) is 50.6 Å². The van der Waals surface area contributed by atoms with Crippen molar-refractivity contribution in [3.63, 3.8) is 0 Å². The van der Waals surface area contributed by atoms with E-state index in [1.54, 1.807) is 6.92 Å². The number of H-pyrrole nitrogens is 1. The van der Waals surface area contributed by atoms with Crippen LogP contribution >= 0.6 is 0 Å². The number of nitrogens with one attached hydrogen (secondary N) is 2. The van der Waals surface area contributed by atoms with E-state index in [2.05, 4.69) is 20.3 Å². The maximum Gasteiger partial charge on any atom is 0.330 e. The Balaban J connectivity index is 1.70. The molecule has 0 aliphatic carbocycles. The zero-order valence-electron chi connectivity index (χ0n) is 14.5. The molecule has 0 radical (unpaired) electrons. The van der Waals surface area contributed by atoms with Gasteiger partial charge in [-0.05, 0) is 18.9 Å². The molecule has 4 atom stereocenters. The minimum Gasteiger partial charge on any atom is -0.461 e. The van der Waals surface area contributed by atoms with E-state index in [0.29, 0.717) is 12.0 Å². The van der Waals surface area contributed by atoms with Crippen molar-refractivity contribution < 1.29 is 19.1 Å². The van der Waals surface area contributed by atoms with Crippen molar-refractivity contribution in [1.82, 2.24) is 14.9 Å². The molecular weight excluding hydrogens is 360 g/mol. The van der Waals surface area contributed by atoms with Crippen LogP contribution in [0.15, 0.2) is 20.9 Å². The van der Waals surface area contributed by atoms with Crippen LogP contribution in [0.2, 0.25) is 0 Å². The van der Waals surface area contributed by atoms with Crippen LogP contribution in [-0.4, -0.2) is 46.2 Å². The number of aromatic amines is 1. The van der Waals surface area contributed by atoms with Gasteiger partial charge in [0.05, 0.1) is 6.04 Å². The number of carbonyl (C=O) groups is 2. The van der Waals surface area contributed by atoms with Crippen molar-refractivity contribution in [3.8, 4) is 0 Å². The van der Waals surface area contributed by atoms with Gasteiger partial charge in [0.15, 0.2) is 0 Å². The summed E-state index contributed by atoms with van der Waals surface area (Å²) in [5.74, 6) is -0.807. The summed E-state index contributed by atoms with van der Waals surface area (Å²) in [4.78, 5) is 51.7. The highest BCUT2D eigenvalue weighted by Gasteiger charge is 2.38. The zero-order chi connectivity index (χ0) is 19.6. The summed E-state index contributed by atoms with van der Waals surface area (Å²) in [7, 11) is 0. The third-order valence-corrected chi connectivity index (χ3v) is 4.53. The summed E-state index contributed by atoms with van der Waals surface area (Å²) in [6, 6.07) is -1.36. The monoisotopic (exact) mass is 378 g/mol. The molecule has 2 N–H and O–H groups in total. The first-order valence-electron chi connectivity index (χ1n) is 8.36. The quantitative estimate of drug-likeness (QED) is 0.307. The Kier molecular flexibility index (Phi) is 5.28. The highest BCUT2D eigenvalue weighted by atomic mass is 16.6. The fourth-order valence-electron chi connectivity index (χ4n) is 3.08. The molecule has 1 amide bonds. The number of azide groups is 1. The van der Waals surface area contributed by atoms with Gasteiger partial charge in [-0.25, -0.2) is 9.59 Å². The molecule has 1 aromatic heterocycles. The number of ether oxygens (including phenoxy) is 2. The summed E-state index contributed by atoms with van der Waals surface area (Å²) in [6.45, 7) is 1.35. The molecule has 1 aromatic rings. The normalized spacial score (nSPS) is 27.1. The Bertz CT molecular complexity index is 916. The molecule has 3 heterocycles. The lowest BCUT2D eigenvalue weighted by Gasteiger charge is -2.18. The molecule has 12 heteroatoms. The van der Waals surface area contributed by atoms with Gasteiger partial charge in [-0.15, -0.1) is 0 Å². The van der Waals surface area contributed by atoms with E-state index in [4.69, 9.17) is 15.0 Å². The van der Waals surface area contributed by atoms with Crippen LogP contribution in [0.25, 0.3) is 10.4 Å². The van der Waals surface area contributed by atoms with E-state index in [-0.39, 0.29) is 25.4 Å². The second kappa shape index (κ2) is 7.64. The van der Waals surface area contributed by atoms with Crippen molar-refractivity contribution in [3.05, 3.63) is 43.0 Å². The molecule has 0 spiro atoms. The van der Waals surface area contributed by atoms with Gasteiger partial charge in [0, 0.05) is 29.5 Å². The van der Waals surface area contributed by atoms with Crippen molar-refractivity contribution >= 4 is 11.9 Å². The molecular formula is C15H18N6O6. The Labute approximate surface area is 152 Å². The molecule has 12 nitrogen and oxygen atoms in total. The molecule has 27 heavy (non-hydrogen) atoms. The Morgan fingerprint density at radius 1 is 1.48 bits per heavy atom. The molecule has 0 aromatic carbocycles. The van der Waals surface area contributed by atoms with E-state index >= 15 is 0 Å². The van der Waals surface area contributed by atoms with Gasteiger partial charge in [-0.3, -0.25) is 19.1 Å². The summed E-state index contributed by atoms with van der Waals surface area (Å²) in [5.41, 5.74) is 7.92. The van der Waals surface area contributed by atoms with E-state index in [9.17, 15) is 19.2 Å². The molecule has 4 unspecified atom stereocenters. The summed E-state index contributed by atoms with van der Waals surface area (Å²) in [5, 5.41) is 6.15. The van der Waals surface area contributed by atoms with E-state index < -0.39 is 41.6 Å². The zero-order valence-corrected chi connectivity index (χ0v) is 14.5. The van der Waals surface area contributed by atoms with Crippen molar-refractivity contribution in [2.75, 3.05) is 6.61 Å². The number of rotatable bonds is 5. The average molecular weight is 378 g/mol. The molecule has 2 saturated heterocycles. The maximum atomic E-state index is 12.0. The number of aromatic nitrogens is 2. The lowest BCUT2D eigenvalue weighted by atomic mass is 10.1. The maximum absolute atomic E-state index is 12.0. The van der Waals surface area contributed by atoms with Crippen LogP contribution in [-0.2, 0) is 19.1 Å². The third-order valence-electron chi connectivity index (χ3n) is 4.53. The summed E-state index contributed by atoms with van der Waals surface area (Å²) in [6.07, 6.45) is 0.624. The first kappa shape index (κ1) is 18.7. The molecule has 2 aliphatic heterocycles. The number of amides is 1. The van der Waals surface area contributed by atoms with Gasteiger partial charge < -0.3 is 14.8 Å². The van der Waals surface area contributed by atoms with E-state index in [0.717, 1.165) is 0 Å². The van der Waals surface area contributed by atoms with Gasteiger partial charge in [0.25, 0.3) is 5.56 Å². The van der Waals surface area contributed by atoms with Gasteiger partial charge in [-0.2, -0.15) is 0 Å². The second-order valence-electron chi connectivity index (χ2n) is 6.40. The van der Waals surface area contributed by atoms with Crippen LogP contribution in [0.5, 0.6) is 0 Å². The lowest BCUT2D eigenvalue weighted by Crippen LogP contribution is -2.37. The number of aryl methyl sites for hydroxylation is 1. The standard InChI is InChI=1S/C15H18N6O6/c1-7-5-21(15(25)18-13(7)23)12-4-9(19-20-16)10(27-12)6-26-14(24)8-2-3-11(22)17-8/h5,8-10,12H,2-4,6H2,1H3,(H,17,22)(H,18,23,25). The predicted molar refractivity (Wildman–Crippen MR) is 89.6 cm³/mol. The van der Waals surface area contributed by atoms with Crippen LogP contribution < -0.4 is 16.6 Å². The smallest absolute Gasteiger partial charge is 0.330 e. The molecule has 3 rings (SSSR count). The fourth-order valence-corrected chi connectivity index (χ4v) is 3.08. The second-order valence-corrected chi connectivity index (χ2v) is 6.40. The summed E-state index contributed by atoms with van der Waals surface area (Å²) < 4.78 is 12.1. The molecule has 0 saturated carbocycles. The number of hydrogen-bond donors (Lipinski definition) is 2. The fraction of sp³-hybridized carbons (Fsp3) is 0.600. The lowest BCUT2D eigenvalue weighted by molar-refractivity contribution is -0.151. The van der Waals surface area contributed by atoms with Gasteiger partial charge in [-0.1, -0.05) is 5.11 Å². The SMILES string of the molecule is Cc1cn(C2CC(N=[N+]=[N-])C(COC(=O)C3CCC(=O)N3)O2)c(=O)[nH]c1=O. The van der Waals surface area contributed by atoms with Crippen LogP contribution in [0.1, 0.15) is 31.1 Å². The van der Waals surface area contributed by atoms with Crippen LogP contribution in [0.4, 0.5) is 0 Å². The molecule has 0 bridgehead atoms. The Hall–Kier alpha value is -3.11. The topological polar surface area (TPSA) is 168 Å². The number of hydrogen-bond acceptors (Lipinski definition) is 7. The van der Waals surface area contributed by atoms with Gasteiger partial charge in [0.1, 0.15) is 25.0 Å². The Morgan fingerprint density at radius 3 is 2.93 bits per heavy atom. The van der Waals surface area contributed by atoms with Crippen LogP contribution in [0, 0.1) is 6.92 Å². The van der Waals surface area contributed by atoms with Crippen molar-refractivity contribution in [1.29, 1.82) is 0 Å². The first-order chi connectivity index (χ1) is 12.9. The third kappa shape index (κ3) is 4.01. The first-order valence-corrected chi connectivity index (χ1v) is 8.36. The van der Waals surface area contributed by atoms with Crippen LogP contribution in [0.3, 0.4) is 0 Å². The minimum atomic E-state index is -0.779. The van der Waals surface area contributed by atoms with Gasteiger partial charge >= 0.3 is 11.7 Å². The highest BCUT2D eigenvalue weighted by Crippen LogP contribution is 2.30. The highest BCUT2D eigenvalue weighted by molar-refractivity contribution is 5.88.